The highest BCUT2D eigenvalue weighted by atomic mass is 15.5. The normalized spacial score (nSPS) is 15.8. The van der Waals surface area contributed by atoms with Gasteiger partial charge in [-0.05, 0) is 38.0 Å². The number of aromatic nitrogens is 5. The van der Waals surface area contributed by atoms with Crippen LogP contribution in [0.15, 0.2) is 30.6 Å². The van der Waals surface area contributed by atoms with Gasteiger partial charge in [0.1, 0.15) is 5.65 Å². The summed E-state index contributed by atoms with van der Waals surface area (Å²) in [4.78, 5) is 11.8. The third-order valence-electron chi connectivity index (χ3n) is 4.67. The molecule has 0 unspecified atom stereocenters. The van der Waals surface area contributed by atoms with E-state index in [1.807, 2.05) is 19.2 Å². The van der Waals surface area contributed by atoms with E-state index in [1.165, 1.54) is 16.5 Å². The summed E-state index contributed by atoms with van der Waals surface area (Å²) in [6.07, 6.45) is 7.28. The van der Waals surface area contributed by atoms with E-state index in [-0.39, 0.29) is 0 Å². The summed E-state index contributed by atoms with van der Waals surface area (Å²) in [6.45, 7) is 7.77. The van der Waals surface area contributed by atoms with Crippen molar-refractivity contribution in [3.8, 4) is 0 Å². The fraction of sp³-hybridized carbons (Fsp3) is 0.389. The zero-order valence-electron chi connectivity index (χ0n) is 14.2. The van der Waals surface area contributed by atoms with Gasteiger partial charge in [-0.15, -0.1) is 0 Å². The average molecular weight is 322 g/mol. The molecular weight excluding hydrogens is 300 g/mol. The summed E-state index contributed by atoms with van der Waals surface area (Å²) >= 11 is 0. The second kappa shape index (κ2) is 6.20. The molecule has 3 aromatic rings. The Hall–Kier alpha value is -2.47. The van der Waals surface area contributed by atoms with Crippen molar-refractivity contribution in [2.24, 2.45) is 0 Å². The van der Waals surface area contributed by atoms with Crippen LogP contribution in [0.25, 0.3) is 16.6 Å². The van der Waals surface area contributed by atoms with Crippen molar-refractivity contribution in [2.45, 2.75) is 33.4 Å². The van der Waals surface area contributed by atoms with E-state index in [0.29, 0.717) is 0 Å². The lowest BCUT2D eigenvalue weighted by Crippen LogP contribution is -2.28. The van der Waals surface area contributed by atoms with E-state index in [0.717, 1.165) is 49.6 Å². The van der Waals surface area contributed by atoms with E-state index in [4.69, 9.17) is 0 Å². The molecule has 0 fully saturated rings. The third-order valence-corrected chi connectivity index (χ3v) is 4.67. The van der Waals surface area contributed by atoms with E-state index < -0.39 is 0 Å². The maximum absolute atomic E-state index is 4.56. The maximum atomic E-state index is 4.56. The summed E-state index contributed by atoms with van der Waals surface area (Å²) in [7, 11) is 0. The Kier molecular flexibility index (Phi) is 3.90. The Labute approximate surface area is 141 Å². The lowest BCUT2D eigenvalue weighted by molar-refractivity contribution is 0.288. The number of pyridine rings is 1. The minimum atomic E-state index is 0.819. The standard InChI is InChI=1S/C18H22N6/c1-3-24-21-13(2)17(22-24)12-23-9-6-14(7-10-23)16-11-20-18-15(16)5-4-8-19-18/h4-6,8,11H,3,7,9-10,12H2,1-2H3,(H,19,20). The van der Waals surface area contributed by atoms with Crippen LogP contribution in [0.1, 0.15) is 30.3 Å². The van der Waals surface area contributed by atoms with Crippen LogP contribution in [-0.4, -0.2) is 43.0 Å². The quantitative estimate of drug-likeness (QED) is 0.802. The summed E-state index contributed by atoms with van der Waals surface area (Å²) in [5, 5.41) is 10.2. The molecule has 0 spiro atoms. The Morgan fingerprint density at radius 1 is 1.29 bits per heavy atom. The zero-order valence-corrected chi connectivity index (χ0v) is 14.2. The molecule has 0 amide bonds. The molecule has 1 N–H and O–H groups in total. The van der Waals surface area contributed by atoms with Crippen LogP contribution in [-0.2, 0) is 13.1 Å². The van der Waals surface area contributed by atoms with Gasteiger partial charge in [-0.25, -0.2) is 4.98 Å². The number of hydrogen-bond acceptors (Lipinski definition) is 4. The van der Waals surface area contributed by atoms with Crippen LogP contribution in [0, 0.1) is 6.92 Å². The van der Waals surface area contributed by atoms with Crippen molar-refractivity contribution in [1.29, 1.82) is 0 Å². The Bertz CT molecular complexity index is 888. The topological polar surface area (TPSA) is 62.6 Å². The molecule has 1 aliphatic heterocycles. The van der Waals surface area contributed by atoms with E-state index in [2.05, 4.69) is 50.3 Å². The van der Waals surface area contributed by atoms with Gasteiger partial charge in [-0.2, -0.15) is 15.0 Å². The Morgan fingerprint density at radius 2 is 2.21 bits per heavy atom. The van der Waals surface area contributed by atoms with E-state index >= 15 is 0 Å². The highest BCUT2D eigenvalue weighted by molar-refractivity contribution is 5.90. The summed E-state index contributed by atoms with van der Waals surface area (Å²) in [5.74, 6) is 0. The fourth-order valence-electron chi connectivity index (χ4n) is 3.29. The molecule has 3 aromatic heterocycles. The number of aromatic amines is 1. The molecule has 0 atom stereocenters. The van der Waals surface area contributed by atoms with Gasteiger partial charge in [0.2, 0.25) is 0 Å². The first-order chi connectivity index (χ1) is 11.7. The second-order valence-electron chi connectivity index (χ2n) is 6.24. The van der Waals surface area contributed by atoms with Gasteiger partial charge in [0.25, 0.3) is 0 Å². The Balaban J connectivity index is 1.50. The van der Waals surface area contributed by atoms with Crippen LogP contribution in [0.4, 0.5) is 0 Å². The molecule has 1 aliphatic rings. The highest BCUT2D eigenvalue weighted by Gasteiger charge is 2.18. The summed E-state index contributed by atoms with van der Waals surface area (Å²) in [5.41, 5.74) is 5.77. The molecule has 0 saturated heterocycles. The summed E-state index contributed by atoms with van der Waals surface area (Å²) < 4.78 is 0. The molecule has 0 aliphatic carbocycles. The second-order valence-corrected chi connectivity index (χ2v) is 6.24. The van der Waals surface area contributed by atoms with E-state index in [9.17, 15) is 0 Å². The van der Waals surface area contributed by atoms with Gasteiger partial charge in [-0.3, -0.25) is 4.90 Å². The van der Waals surface area contributed by atoms with Crippen LogP contribution >= 0.6 is 0 Å². The van der Waals surface area contributed by atoms with Crippen LogP contribution in [0.2, 0.25) is 0 Å². The SMILES string of the molecule is CCn1nc(C)c(CN2CC=C(c3c[nH]c4ncccc34)CC2)n1. The van der Waals surface area contributed by atoms with Crippen LogP contribution in [0.5, 0.6) is 0 Å². The number of aryl methyl sites for hydroxylation is 2. The molecule has 0 aromatic carbocycles. The lowest BCUT2D eigenvalue weighted by atomic mass is 9.99. The minimum absolute atomic E-state index is 0.819. The molecule has 6 nitrogen and oxygen atoms in total. The van der Waals surface area contributed by atoms with Gasteiger partial charge in [-0.1, -0.05) is 6.08 Å². The number of H-pyrrole nitrogens is 1. The first-order valence-electron chi connectivity index (χ1n) is 8.49. The zero-order chi connectivity index (χ0) is 16.5. The van der Waals surface area contributed by atoms with Crippen LogP contribution in [0.3, 0.4) is 0 Å². The van der Waals surface area contributed by atoms with Crippen molar-refractivity contribution in [3.05, 3.63) is 47.6 Å². The third kappa shape index (κ3) is 2.73. The van der Waals surface area contributed by atoms with Crippen molar-refractivity contribution >= 4 is 16.6 Å². The Morgan fingerprint density at radius 3 is 2.96 bits per heavy atom. The fourth-order valence-corrected chi connectivity index (χ4v) is 3.29. The highest BCUT2D eigenvalue weighted by Crippen LogP contribution is 2.28. The molecule has 0 bridgehead atoms. The van der Waals surface area contributed by atoms with Gasteiger partial charge in [0.05, 0.1) is 17.9 Å². The number of rotatable bonds is 4. The molecule has 124 valence electrons. The monoisotopic (exact) mass is 322 g/mol. The number of fused-ring (bicyclic) bond motifs is 1. The number of hydrogen-bond donors (Lipinski definition) is 1. The smallest absolute Gasteiger partial charge is 0.137 e. The number of nitrogens with one attached hydrogen (secondary N) is 1. The van der Waals surface area contributed by atoms with Gasteiger partial charge >= 0.3 is 0 Å². The summed E-state index contributed by atoms with van der Waals surface area (Å²) in [6, 6.07) is 4.13. The molecule has 24 heavy (non-hydrogen) atoms. The first-order valence-corrected chi connectivity index (χ1v) is 8.49. The van der Waals surface area contributed by atoms with E-state index in [1.54, 1.807) is 4.80 Å². The van der Waals surface area contributed by atoms with Gasteiger partial charge in [0, 0.05) is 43.0 Å². The van der Waals surface area contributed by atoms with Crippen molar-refractivity contribution in [2.75, 3.05) is 13.1 Å². The van der Waals surface area contributed by atoms with Gasteiger partial charge < -0.3 is 4.98 Å². The van der Waals surface area contributed by atoms with Crippen molar-refractivity contribution in [1.82, 2.24) is 29.9 Å². The lowest BCUT2D eigenvalue weighted by Gasteiger charge is -2.25. The predicted octanol–water partition coefficient (Wildman–Crippen LogP) is 2.77. The maximum Gasteiger partial charge on any atom is 0.137 e. The molecule has 4 rings (SSSR count). The first kappa shape index (κ1) is 15.1. The average Bonchev–Trinajstić information content (AvgIpc) is 3.19. The minimum Gasteiger partial charge on any atom is -0.346 e. The number of nitrogens with zero attached hydrogens (tertiary/aromatic N) is 5. The van der Waals surface area contributed by atoms with Crippen molar-refractivity contribution < 1.29 is 0 Å². The van der Waals surface area contributed by atoms with Gasteiger partial charge in [0.15, 0.2) is 0 Å². The molecule has 0 saturated carbocycles. The molecule has 0 radical (unpaired) electrons. The molecular formula is C18H22N6. The molecule has 4 heterocycles. The largest absolute Gasteiger partial charge is 0.346 e. The van der Waals surface area contributed by atoms with Crippen molar-refractivity contribution in [3.63, 3.8) is 0 Å². The predicted molar refractivity (Wildman–Crippen MR) is 94.4 cm³/mol. The molecule has 6 heteroatoms. The van der Waals surface area contributed by atoms with Crippen LogP contribution < -0.4 is 0 Å².